The summed E-state index contributed by atoms with van der Waals surface area (Å²) in [6.07, 6.45) is 0.786. The minimum absolute atomic E-state index is 0.0914. The summed E-state index contributed by atoms with van der Waals surface area (Å²) in [4.78, 5) is 23.0. The first-order valence-corrected chi connectivity index (χ1v) is 8.61. The second-order valence-electron chi connectivity index (χ2n) is 5.23. The maximum atomic E-state index is 12.2. The third-order valence-corrected chi connectivity index (χ3v) is 4.93. The number of carboxylic acids is 1. The largest absolute Gasteiger partial charge is 0.481 e. The SMILES string of the molecule is CCS(=O)(=O)Nc1ccccc1C(=O)NC1CC(C(=O)O)C1. The second-order valence-corrected chi connectivity index (χ2v) is 7.24. The van der Waals surface area contributed by atoms with Gasteiger partial charge in [0.15, 0.2) is 0 Å². The van der Waals surface area contributed by atoms with Gasteiger partial charge in [-0.15, -0.1) is 0 Å². The molecule has 0 aromatic heterocycles. The number of hydrogen-bond donors (Lipinski definition) is 3. The van der Waals surface area contributed by atoms with E-state index in [0.717, 1.165) is 0 Å². The van der Waals surface area contributed by atoms with Crippen molar-refractivity contribution < 1.29 is 23.1 Å². The number of benzene rings is 1. The van der Waals surface area contributed by atoms with E-state index in [1.54, 1.807) is 12.1 Å². The zero-order valence-electron chi connectivity index (χ0n) is 12.1. The number of amides is 1. The smallest absolute Gasteiger partial charge is 0.306 e. The van der Waals surface area contributed by atoms with Crippen LogP contribution in [0.2, 0.25) is 0 Å². The van der Waals surface area contributed by atoms with Crippen LogP contribution in [0.25, 0.3) is 0 Å². The number of carbonyl (C=O) groups is 2. The van der Waals surface area contributed by atoms with Crippen LogP contribution in [0.3, 0.4) is 0 Å². The highest BCUT2D eigenvalue weighted by Crippen LogP contribution is 2.28. The number of carboxylic acid groups (broad SMARTS) is 1. The number of carbonyl (C=O) groups excluding carboxylic acids is 1. The van der Waals surface area contributed by atoms with Crippen molar-refractivity contribution in [2.24, 2.45) is 5.92 Å². The molecule has 0 atom stereocenters. The number of hydrogen-bond acceptors (Lipinski definition) is 4. The Kier molecular flexibility index (Phi) is 4.70. The molecule has 0 aliphatic heterocycles. The van der Waals surface area contributed by atoms with Crippen molar-refractivity contribution in [3.8, 4) is 0 Å². The molecule has 0 bridgehead atoms. The number of para-hydroxylation sites is 1. The van der Waals surface area contributed by atoms with Crippen molar-refractivity contribution >= 4 is 27.6 Å². The van der Waals surface area contributed by atoms with E-state index in [9.17, 15) is 18.0 Å². The lowest BCUT2D eigenvalue weighted by Gasteiger charge is -2.33. The van der Waals surface area contributed by atoms with Gasteiger partial charge in [0.25, 0.3) is 5.91 Å². The van der Waals surface area contributed by atoms with Crippen LogP contribution in [0.15, 0.2) is 24.3 Å². The third-order valence-electron chi connectivity index (χ3n) is 3.64. The van der Waals surface area contributed by atoms with Gasteiger partial charge in [-0.25, -0.2) is 8.42 Å². The first-order valence-electron chi connectivity index (χ1n) is 6.95. The number of aliphatic carboxylic acids is 1. The van der Waals surface area contributed by atoms with Crippen molar-refractivity contribution in [3.05, 3.63) is 29.8 Å². The lowest BCUT2D eigenvalue weighted by atomic mass is 9.80. The average molecular weight is 326 g/mol. The van der Waals surface area contributed by atoms with Gasteiger partial charge < -0.3 is 10.4 Å². The van der Waals surface area contributed by atoms with E-state index in [2.05, 4.69) is 10.0 Å². The van der Waals surface area contributed by atoms with Crippen molar-refractivity contribution in [1.29, 1.82) is 0 Å². The summed E-state index contributed by atoms with van der Waals surface area (Å²) in [6.45, 7) is 1.51. The molecule has 0 spiro atoms. The topological polar surface area (TPSA) is 113 Å². The van der Waals surface area contributed by atoms with E-state index < -0.39 is 27.8 Å². The molecule has 0 unspecified atom stereocenters. The molecule has 1 aromatic rings. The summed E-state index contributed by atoms with van der Waals surface area (Å²) in [5, 5.41) is 11.5. The third kappa shape index (κ3) is 3.76. The molecule has 1 aromatic carbocycles. The van der Waals surface area contributed by atoms with Gasteiger partial charge in [-0.1, -0.05) is 12.1 Å². The molecule has 1 fully saturated rings. The van der Waals surface area contributed by atoms with Crippen LogP contribution in [0.5, 0.6) is 0 Å². The molecular formula is C14H18N2O5S. The zero-order chi connectivity index (χ0) is 16.3. The van der Waals surface area contributed by atoms with E-state index in [1.165, 1.54) is 19.1 Å². The Morgan fingerprint density at radius 1 is 1.27 bits per heavy atom. The summed E-state index contributed by atoms with van der Waals surface area (Å²) < 4.78 is 25.7. The fourth-order valence-corrected chi connectivity index (χ4v) is 2.87. The Bertz CT molecular complexity index is 680. The van der Waals surface area contributed by atoms with E-state index in [-0.39, 0.29) is 23.0 Å². The molecule has 0 heterocycles. The molecule has 2 rings (SSSR count). The van der Waals surface area contributed by atoms with Crippen LogP contribution in [0.4, 0.5) is 5.69 Å². The van der Waals surface area contributed by atoms with Crippen LogP contribution >= 0.6 is 0 Å². The molecule has 8 heteroatoms. The molecule has 120 valence electrons. The van der Waals surface area contributed by atoms with Crippen LogP contribution in [-0.2, 0) is 14.8 Å². The molecule has 1 aliphatic rings. The summed E-state index contributed by atoms with van der Waals surface area (Å²) in [7, 11) is -3.48. The van der Waals surface area contributed by atoms with Gasteiger partial charge in [0.05, 0.1) is 22.9 Å². The Labute approximate surface area is 128 Å². The first-order chi connectivity index (χ1) is 10.3. The molecule has 1 amide bonds. The van der Waals surface area contributed by atoms with E-state index in [0.29, 0.717) is 12.8 Å². The predicted molar refractivity (Wildman–Crippen MR) is 81.1 cm³/mol. The highest BCUT2D eigenvalue weighted by atomic mass is 32.2. The number of nitrogens with one attached hydrogen (secondary N) is 2. The van der Waals surface area contributed by atoms with Gasteiger partial charge >= 0.3 is 5.97 Å². The zero-order valence-corrected chi connectivity index (χ0v) is 12.9. The highest BCUT2D eigenvalue weighted by molar-refractivity contribution is 7.92. The monoisotopic (exact) mass is 326 g/mol. The van der Waals surface area contributed by atoms with Gasteiger partial charge in [-0.05, 0) is 31.9 Å². The fourth-order valence-electron chi connectivity index (χ4n) is 2.21. The minimum atomic E-state index is -3.48. The molecular weight excluding hydrogens is 308 g/mol. The Morgan fingerprint density at radius 3 is 2.50 bits per heavy atom. The summed E-state index contributed by atoms with van der Waals surface area (Å²) in [6, 6.07) is 6.12. The molecule has 0 radical (unpaired) electrons. The normalized spacial score (nSPS) is 20.8. The van der Waals surface area contributed by atoms with Crippen molar-refractivity contribution in [2.75, 3.05) is 10.5 Å². The average Bonchev–Trinajstić information content (AvgIpc) is 2.42. The molecule has 22 heavy (non-hydrogen) atoms. The Balaban J connectivity index is 2.06. The van der Waals surface area contributed by atoms with Gasteiger partial charge in [0, 0.05) is 6.04 Å². The lowest BCUT2D eigenvalue weighted by molar-refractivity contribution is -0.145. The Morgan fingerprint density at radius 2 is 1.91 bits per heavy atom. The minimum Gasteiger partial charge on any atom is -0.481 e. The molecule has 1 aliphatic carbocycles. The van der Waals surface area contributed by atoms with Crippen LogP contribution in [0, 0.1) is 5.92 Å². The lowest BCUT2D eigenvalue weighted by Crippen LogP contribution is -2.46. The molecule has 3 N–H and O–H groups in total. The second kappa shape index (κ2) is 6.35. The summed E-state index contributed by atoms with van der Waals surface area (Å²) in [5.74, 6) is -1.78. The van der Waals surface area contributed by atoms with Crippen molar-refractivity contribution in [3.63, 3.8) is 0 Å². The maximum Gasteiger partial charge on any atom is 0.306 e. The highest BCUT2D eigenvalue weighted by Gasteiger charge is 2.35. The quantitative estimate of drug-likeness (QED) is 0.723. The van der Waals surface area contributed by atoms with Gasteiger partial charge in [-0.2, -0.15) is 0 Å². The van der Waals surface area contributed by atoms with Crippen LogP contribution in [0.1, 0.15) is 30.1 Å². The van der Waals surface area contributed by atoms with Crippen molar-refractivity contribution in [2.45, 2.75) is 25.8 Å². The predicted octanol–water partition coefficient (Wildman–Crippen LogP) is 1.04. The first kappa shape index (κ1) is 16.3. The van der Waals surface area contributed by atoms with Gasteiger partial charge in [-0.3, -0.25) is 14.3 Å². The molecule has 0 saturated heterocycles. The Hall–Kier alpha value is -2.09. The van der Waals surface area contributed by atoms with E-state index >= 15 is 0 Å². The van der Waals surface area contributed by atoms with Crippen LogP contribution in [-0.4, -0.2) is 37.2 Å². The number of anilines is 1. The maximum absolute atomic E-state index is 12.2. The number of sulfonamides is 1. The van der Waals surface area contributed by atoms with Gasteiger partial charge in [0.2, 0.25) is 10.0 Å². The fraction of sp³-hybridized carbons (Fsp3) is 0.429. The van der Waals surface area contributed by atoms with Gasteiger partial charge in [0.1, 0.15) is 0 Å². The summed E-state index contributed by atoms with van der Waals surface area (Å²) in [5.41, 5.74) is 0.439. The number of rotatable bonds is 6. The summed E-state index contributed by atoms with van der Waals surface area (Å²) >= 11 is 0. The standard InChI is InChI=1S/C14H18N2O5S/c1-2-22(20,21)16-12-6-4-3-5-11(12)13(17)15-10-7-9(8-10)14(18)19/h3-6,9-10,16H,2,7-8H2,1H3,(H,15,17)(H,18,19). The van der Waals surface area contributed by atoms with E-state index in [1.807, 2.05) is 0 Å². The van der Waals surface area contributed by atoms with Crippen molar-refractivity contribution in [1.82, 2.24) is 5.32 Å². The molecule has 7 nitrogen and oxygen atoms in total. The van der Waals surface area contributed by atoms with E-state index in [4.69, 9.17) is 5.11 Å². The van der Waals surface area contributed by atoms with Crippen LogP contribution < -0.4 is 10.0 Å². The molecule has 1 saturated carbocycles.